The zero-order valence-corrected chi connectivity index (χ0v) is 19.0. The molecule has 1 fully saturated rings. The molecule has 3 rings (SSSR count). The van der Waals surface area contributed by atoms with Gasteiger partial charge in [0, 0.05) is 12.3 Å². The molecule has 0 unspecified atom stereocenters. The molecule has 1 aliphatic heterocycles. The van der Waals surface area contributed by atoms with Crippen molar-refractivity contribution in [2.45, 2.75) is 17.8 Å². The monoisotopic (exact) mass is 459 g/mol. The number of pyridine rings is 1. The van der Waals surface area contributed by atoms with Gasteiger partial charge in [0.2, 0.25) is 21.9 Å². The Morgan fingerprint density at radius 1 is 1.34 bits per heavy atom. The smallest absolute Gasteiger partial charge is 0.277 e. The minimum absolute atomic E-state index is 0.0194. The number of carbonyl (C=O) groups excluding carboxylic acids is 1. The molecule has 0 saturated carbocycles. The highest BCUT2D eigenvalue weighted by atomic mass is 32.2. The van der Waals surface area contributed by atoms with E-state index in [0.29, 0.717) is 0 Å². The molecule has 1 amide bonds. The van der Waals surface area contributed by atoms with Crippen LogP contribution < -0.4 is 15.4 Å². The maximum atomic E-state index is 14.6. The average molecular weight is 459 g/mol. The maximum absolute atomic E-state index is 14.6. The van der Waals surface area contributed by atoms with E-state index in [1.165, 1.54) is 32.4 Å². The first kappa shape index (κ1) is 23.5. The molecule has 1 saturated heterocycles. The topological polar surface area (TPSA) is 150 Å². The van der Waals surface area contributed by atoms with Gasteiger partial charge in [-0.3, -0.25) is 10.2 Å². The molecular formula is C16H21B3FN7O4S. The molecule has 32 heavy (non-hydrogen) atoms. The minimum Gasteiger partial charge on any atom is -0.498 e. The molecule has 0 aliphatic carbocycles. The van der Waals surface area contributed by atoms with E-state index < -0.39 is 44.3 Å². The van der Waals surface area contributed by atoms with Gasteiger partial charge >= 0.3 is 0 Å². The van der Waals surface area contributed by atoms with Gasteiger partial charge in [0.1, 0.15) is 46.6 Å². The van der Waals surface area contributed by atoms with Crippen LogP contribution in [0.4, 0.5) is 10.2 Å². The summed E-state index contributed by atoms with van der Waals surface area (Å²) in [6.07, 6.45) is 2.54. The Bertz CT molecular complexity index is 1180. The minimum atomic E-state index is -3.86. The van der Waals surface area contributed by atoms with Crippen molar-refractivity contribution in [3.05, 3.63) is 41.7 Å². The number of anilines is 1. The van der Waals surface area contributed by atoms with Crippen LogP contribution in [0, 0.1) is 11.2 Å². The fraction of sp³-hybridized carbons (Fsp3) is 0.312. The maximum Gasteiger partial charge on any atom is 0.277 e. The van der Waals surface area contributed by atoms with Crippen LogP contribution in [0.5, 0.6) is 5.88 Å². The Morgan fingerprint density at radius 3 is 2.59 bits per heavy atom. The van der Waals surface area contributed by atoms with Gasteiger partial charge in [-0.05, 0) is 19.1 Å². The van der Waals surface area contributed by atoms with E-state index in [1.54, 1.807) is 0 Å². The van der Waals surface area contributed by atoms with E-state index in [1.807, 2.05) is 23.5 Å². The fourth-order valence-corrected chi connectivity index (χ4v) is 4.44. The SMILES string of the molecule is BC(B)(B)Oc1cnc(C(=O)Nc2ccc(F)c([C@]3(C)CS(=O)(=O)N(C)C(=N)N3)n2)cn1. The van der Waals surface area contributed by atoms with Crippen molar-refractivity contribution < 1.29 is 22.3 Å². The van der Waals surface area contributed by atoms with Gasteiger partial charge < -0.3 is 15.4 Å². The van der Waals surface area contributed by atoms with Crippen LogP contribution >= 0.6 is 0 Å². The van der Waals surface area contributed by atoms with E-state index in [2.05, 4.69) is 25.6 Å². The molecule has 0 bridgehead atoms. The summed E-state index contributed by atoms with van der Waals surface area (Å²) in [5.74, 6) is -2.14. The van der Waals surface area contributed by atoms with Gasteiger partial charge in [-0.2, -0.15) is 0 Å². The molecule has 2 aromatic rings. The lowest BCUT2D eigenvalue weighted by Crippen LogP contribution is -2.61. The van der Waals surface area contributed by atoms with Crippen molar-refractivity contribution in [1.29, 1.82) is 5.41 Å². The van der Waals surface area contributed by atoms with Crippen LogP contribution in [-0.4, -0.2) is 81.2 Å². The van der Waals surface area contributed by atoms with Crippen molar-refractivity contribution in [3.63, 3.8) is 0 Å². The van der Waals surface area contributed by atoms with Gasteiger partial charge in [-0.15, -0.1) is 0 Å². The summed E-state index contributed by atoms with van der Waals surface area (Å²) < 4.78 is 45.6. The first-order valence-electron chi connectivity index (χ1n) is 9.53. The number of amides is 1. The number of halogens is 1. The zero-order chi connectivity index (χ0) is 23.9. The van der Waals surface area contributed by atoms with Gasteiger partial charge in [0.15, 0.2) is 0 Å². The summed E-state index contributed by atoms with van der Waals surface area (Å²) in [6, 6.07) is 2.30. The zero-order valence-electron chi connectivity index (χ0n) is 18.2. The summed E-state index contributed by atoms with van der Waals surface area (Å²) >= 11 is 0. The first-order chi connectivity index (χ1) is 14.7. The van der Waals surface area contributed by atoms with Crippen molar-refractivity contribution in [2.24, 2.45) is 0 Å². The van der Waals surface area contributed by atoms with Crippen LogP contribution in [0.3, 0.4) is 0 Å². The van der Waals surface area contributed by atoms with Crippen LogP contribution in [0.25, 0.3) is 0 Å². The largest absolute Gasteiger partial charge is 0.498 e. The summed E-state index contributed by atoms with van der Waals surface area (Å²) in [7, 11) is 2.91. The molecule has 3 N–H and O–H groups in total. The van der Waals surface area contributed by atoms with Crippen molar-refractivity contribution >= 4 is 51.2 Å². The second-order valence-electron chi connectivity index (χ2n) is 8.46. The molecule has 3 heterocycles. The van der Waals surface area contributed by atoms with E-state index in [9.17, 15) is 17.6 Å². The van der Waals surface area contributed by atoms with Gasteiger partial charge in [-0.1, -0.05) is 0 Å². The third kappa shape index (κ3) is 5.01. The molecule has 16 heteroatoms. The number of ether oxygens (including phenoxy) is 1. The van der Waals surface area contributed by atoms with Crippen LogP contribution in [0.15, 0.2) is 24.5 Å². The number of nitrogens with one attached hydrogen (secondary N) is 3. The fourth-order valence-electron chi connectivity index (χ4n) is 2.98. The number of carbonyl (C=O) groups is 1. The van der Waals surface area contributed by atoms with E-state index in [-0.39, 0.29) is 23.1 Å². The van der Waals surface area contributed by atoms with Crippen molar-refractivity contribution in [2.75, 3.05) is 18.1 Å². The van der Waals surface area contributed by atoms with E-state index in [0.717, 1.165) is 10.4 Å². The lowest BCUT2D eigenvalue weighted by molar-refractivity contribution is 0.102. The number of hydrogen-bond acceptors (Lipinski definition) is 8. The molecule has 166 valence electrons. The number of hydrogen-bond donors (Lipinski definition) is 3. The van der Waals surface area contributed by atoms with E-state index >= 15 is 0 Å². The highest BCUT2D eigenvalue weighted by Gasteiger charge is 2.44. The average Bonchev–Trinajstić information content (AvgIpc) is 2.66. The first-order valence-corrected chi connectivity index (χ1v) is 11.1. The normalized spacial score (nSPS) is 20.3. The summed E-state index contributed by atoms with van der Waals surface area (Å²) in [4.78, 5) is 24.7. The Labute approximate surface area is 187 Å². The van der Waals surface area contributed by atoms with Gasteiger partial charge in [0.25, 0.3) is 5.91 Å². The van der Waals surface area contributed by atoms with Gasteiger partial charge in [0.05, 0.1) is 23.7 Å². The molecule has 0 spiro atoms. The second kappa shape index (κ2) is 8.08. The van der Waals surface area contributed by atoms with Crippen LogP contribution in [0.1, 0.15) is 23.1 Å². The van der Waals surface area contributed by atoms with E-state index in [4.69, 9.17) is 10.1 Å². The number of sulfonamides is 1. The van der Waals surface area contributed by atoms with Crippen LogP contribution in [-0.2, 0) is 15.6 Å². The highest BCUT2D eigenvalue weighted by molar-refractivity contribution is 7.89. The Balaban J connectivity index is 1.83. The molecule has 1 atom stereocenters. The Morgan fingerprint density at radius 2 is 2.03 bits per heavy atom. The lowest BCUT2D eigenvalue weighted by atomic mass is 9.52. The molecule has 0 aromatic carbocycles. The van der Waals surface area contributed by atoms with Gasteiger partial charge in [-0.25, -0.2) is 32.1 Å². The summed E-state index contributed by atoms with van der Waals surface area (Å²) in [6.45, 7) is 1.42. The molecule has 2 aromatic heterocycles. The molecular weight excluding hydrogens is 438 g/mol. The standard InChI is InChI=1S/C16H21B3FN7O4S/c1-15(7-32(29,30)27(2)14(21)26-15)12-8(20)3-4-10(24-12)25-13(28)9-5-23-11(6-22-9)31-16(17,18)19/h3-6H,7,17-19H2,1-2H3,(H2,21,26)(H,24,25,28)/t15-/m0/s1. The quantitative estimate of drug-likeness (QED) is 0.406. The number of guanidine groups is 1. The molecule has 0 radical (unpaired) electrons. The Kier molecular flexibility index (Phi) is 5.93. The van der Waals surface area contributed by atoms with Crippen LogP contribution in [0.2, 0.25) is 0 Å². The second-order valence-corrected chi connectivity index (χ2v) is 10.5. The van der Waals surface area contributed by atoms with Crippen molar-refractivity contribution in [3.8, 4) is 5.88 Å². The molecule has 11 nitrogen and oxygen atoms in total. The predicted molar refractivity (Wildman–Crippen MR) is 123 cm³/mol. The molecule has 1 aliphatic rings. The summed E-state index contributed by atoms with van der Waals surface area (Å²) in [5, 5.41) is 12.5. The third-order valence-electron chi connectivity index (χ3n) is 4.48. The highest BCUT2D eigenvalue weighted by Crippen LogP contribution is 2.29. The number of nitrogens with zero attached hydrogens (tertiary/aromatic N) is 4. The number of aromatic nitrogens is 3. The lowest BCUT2D eigenvalue weighted by Gasteiger charge is -2.39. The summed E-state index contributed by atoms with van der Waals surface area (Å²) in [5.41, 5.74) is -1.79. The predicted octanol–water partition coefficient (Wildman–Crippen LogP) is -2.83. The number of rotatable bonds is 5. The third-order valence-corrected chi connectivity index (χ3v) is 6.44. The van der Waals surface area contributed by atoms with Crippen molar-refractivity contribution in [1.82, 2.24) is 24.6 Å². The Hall–Kier alpha value is -3.16.